The first-order valence-electron chi connectivity index (χ1n) is 8.61. The zero-order valence-corrected chi connectivity index (χ0v) is 15.7. The van der Waals surface area contributed by atoms with Crippen molar-refractivity contribution in [3.05, 3.63) is 59.9 Å². The number of aromatic carboxylic acids is 1. The zero-order chi connectivity index (χ0) is 19.7. The van der Waals surface area contributed by atoms with Crippen LogP contribution < -0.4 is 5.32 Å². The Hall–Kier alpha value is -3.39. The molecule has 0 spiro atoms. The number of amides is 1. The molecule has 3 N–H and O–H groups in total. The van der Waals surface area contributed by atoms with Crippen molar-refractivity contribution in [1.82, 2.24) is 15.0 Å². The third kappa shape index (κ3) is 3.41. The molecule has 0 bridgehead atoms. The van der Waals surface area contributed by atoms with E-state index in [2.05, 4.69) is 20.3 Å². The van der Waals surface area contributed by atoms with E-state index in [4.69, 9.17) is 0 Å². The smallest absolute Gasteiger partial charge is 0.337 e. The van der Waals surface area contributed by atoms with Gasteiger partial charge in [0.05, 0.1) is 16.6 Å². The number of pyridine rings is 1. The van der Waals surface area contributed by atoms with Gasteiger partial charge in [-0.05, 0) is 29.3 Å². The summed E-state index contributed by atoms with van der Waals surface area (Å²) in [7, 11) is 0. The van der Waals surface area contributed by atoms with Crippen LogP contribution in [0, 0.1) is 0 Å². The number of carbonyl (C=O) groups excluding carboxylic acids is 1. The molecule has 0 saturated heterocycles. The number of anilines is 1. The first-order valence-corrected chi connectivity index (χ1v) is 9.59. The number of aromatic nitrogens is 3. The standard InChI is InChI=1S/C20H16N4O3S/c1-2-28-13-8-14(19(26)27)17-15(9-13)22-20(23-17)24-18(25)16-7-11-5-3-4-6-12(11)10-21-16/h3-10H,2H2,1H3,(H,26,27)(H2,22,23,24,25). The summed E-state index contributed by atoms with van der Waals surface area (Å²) in [6.07, 6.45) is 1.64. The maximum atomic E-state index is 12.6. The second-order valence-corrected chi connectivity index (χ2v) is 7.40. The number of aromatic amines is 1. The van der Waals surface area contributed by atoms with E-state index in [9.17, 15) is 14.7 Å². The summed E-state index contributed by atoms with van der Waals surface area (Å²) < 4.78 is 0. The monoisotopic (exact) mass is 392 g/mol. The number of benzene rings is 2. The van der Waals surface area contributed by atoms with Crippen LogP contribution >= 0.6 is 11.8 Å². The van der Waals surface area contributed by atoms with Gasteiger partial charge in [-0.1, -0.05) is 31.2 Å². The van der Waals surface area contributed by atoms with Crippen molar-refractivity contribution in [3.8, 4) is 0 Å². The first-order chi connectivity index (χ1) is 13.5. The van der Waals surface area contributed by atoms with E-state index >= 15 is 0 Å². The highest BCUT2D eigenvalue weighted by atomic mass is 32.2. The largest absolute Gasteiger partial charge is 0.478 e. The molecular weight excluding hydrogens is 376 g/mol. The van der Waals surface area contributed by atoms with Crippen molar-refractivity contribution < 1.29 is 14.7 Å². The fourth-order valence-corrected chi connectivity index (χ4v) is 3.67. The lowest BCUT2D eigenvalue weighted by molar-refractivity contribution is 0.0698. The van der Waals surface area contributed by atoms with E-state index in [0.29, 0.717) is 11.0 Å². The lowest BCUT2D eigenvalue weighted by Crippen LogP contribution is -2.14. The number of thioether (sulfide) groups is 1. The van der Waals surface area contributed by atoms with Crippen molar-refractivity contribution in [2.24, 2.45) is 0 Å². The van der Waals surface area contributed by atoms with Crippen LogP contribution in [0.2, 0.25) is 0 Å². The van der Waals surface area contributed by atoms with Crippen LogP contribution in [0.1, 0.15) is 27.8 Å². The van der Waals surface area contributed by atoms with Gasteiger partial charge in [0, 0.05) is 16.5 Å². The fourth-order valence-electron chi connectivity index (χ4n) is 2.94. The van der Waals surface area contributed by atoms with E-state index in [-0.39, 0.29) is 17.2 Å². The SMILES string of the molecule is CCSc1cc(C(=O)O)c2[nH]c(NC(=O)c3cc4ccccc4cn3)nc2c1. The number of nitrogens with one attached hydrogen (secondary N) is 2. The Morgan fingerprint density at radius 3 is 2.71 bits per heavy atom. The molecule has 0 fully saturated rings. The molecule has 8 heteroatoms. The highest BCUT2D eigenvalue weighted by Gasteiger charge is 2.17. The molecule has 28 heavy (non-hydrogen) atoms. The molecule has 0 saturated carbocycles. The molecule has 0 radical (unpaired) electrons. The predicted octanol–water partition coefficient (Wildman–Crippen LogP) is 4.17. The normalized spacial score (nSPS) is 11.0. The van der Waals surface area contributed by atoms with Crippen molar-refractivity contribution in [2.75, 3.05) is 11.1 Å². The number of H-pyrrole nitrogens is 1. The van der Waals surface area contributed by atoms with Gasteiger partial charge in [-0.15, -0.1) is 11.8 Å². The molecule has 1 amide bonds. The zero-order valence-electron chi connectivity index (χ0n) is 14.9. The van der Waals surface area contributed by atoms with Crippen molar-refractivity contribution in [3.63, 3.8) is 0 Å². The Bertz CT molecular complexity index is 1220. The summed E-state index contributed by atoms with van der Waals surface area (Å²) in [6, 6.07) is 12.7. The van der Waals surface area contributed by atoms with Crippen LogP contribution in [0.25, 0.3) is 21.8 Å². The predicted molar refractivity (Wildman–Crippen MR) is 109 cm³/mol. The van der Waals surface area contributed by atoms with E-state index in [1.54, 1.807) is 24.4 Å². The van der Waals surface area contributed by atoms with Gasteiger partial charge in [0.25, 0.3) is 5.91 Å². The van der Waals surface area contributed by atoms with Gasteiger partial charge >= 0.3 is 5.97 Å². The van der Waals surface area contributed by atoms with Gasteiger partial charge in [-0.25, -0.2) is 9.78 Å². The van der Waals surface area contributed by atoms with Gasteiger partial charge < -0.3 is 10.1 Å². The molecule has 0 aliphatic rings. The maximum Gasteiger partial charge on any atom is 0.337 e. The van der Waals surface area contributed by atoms with E-state index in [1.807, 2.05) is 31.2 Å². The third-order valence-electron chi connectivity index (χ3n) is 4.20. The minimum absolute atomic E-state index is 0.116. The van der Waals surface area contributed by atoms with Crippen LogP contribution in [0.5, 0.6) is 0 Å². The van der Waals surface area contributed by atoms with Gasteiger partial charge in [-0.2, -0.15) is 0 Å². The number of carbonyl (C=O) groups is 2. The average molecular weight is 392 g/mol. The molecule has 2 heterocycles. The second kappa shape index (κ2) is 7.32. The Morgan fingerprint density at radius 2 is 1.96 bits per heavy atom. The summed E-state index contributed by atoms with van der Waals surface area (Å²) >= 11 is 1.53. The lowest BCUT2D eigenvalue weighted by atomic mass is 10.1. The summed E-state index contributed by atoms with van der Waals surface area (Å²) in [4.78, 5) is 36.4. The minimum Gasteiger partial charge on any atom is -0.478 e. The van der Waals surface area contributed by atoms with Crippen LogP contribution in [-0.2, 0) is 0 Å². The van der Waals surface area contributed by atoms with Crippen molar-refractivity contribution in [1.29, 1.82) is 0 Å². The van der Waals surface area contributed by atoms with E-state index < -0.39 is 11.9 Å². The molecule has 2 aromatic heterocycles. The van der Waals surface area contributed by atoms with Crippen LogP contribution in [0.4, 0.5) is 5.95 Å². The number of imidazole rings is 1. The topological polar surface area (TPSA) is 108 Å². The summed E-state index contributed by atoms with van der Waals surface area (Å²) in [6.45, 7) is 1.99. The molecular formula is C20H16N4O3S. The molecule has 7 nitrogen and oxygen atoms in total. The summed E-state index contributed by atoms with van der Waals surface area (Å²) in [5.74, 6) is -0.492. The molecule has 0 unspecified atom stereocenters. The van der Waals surface area contributed by atoms with Gasteiger partial charge in [-0.3, -0.25) is 15.1 Å². The van der Waals surface area contributed by atoms with Gasteiger partial charge in [0.2, 0.25) is 5.95 Å². The number of nitrogens with zero attached hydrogens (tertiary/aromatic N) is 2. The maximum absolute atomic E-state index is 12.6. The number of fused-ring (bicyclic) bond motifs is 2. The van der Waals surface area contributed by atoms with Crippen LogP contribution in [0.15, 0.2) is 53.6 Å². The quantitative estimate of drug-likeness (QED) is 0.440. The van der Waals surface area contributed by atoms with Crippen molar-refractivity contribution >= 4 is 51.4 Å². The summed E-state index contributed by atoms with van der Waals surface area (Å²) in [5, 5.41) is 14.0. The second-order valence-electron chi connectivity index (χ2n) is 6.06. The average Bonchev–Trinajstić information content (AvgIpc) is 3.09. The number of hydrogen-bond acceptors (Lipinski definition) is 5. The Morgan fingerprint density at radius 1 is 1.18 bits per heavy atom. The van der Waals surface area contributed by atoms with Gasteiger partial charge in [0.15, 0.2) is 0 Å². The lowest BCUT2D eigenvalue weighted by Gasteiger charge is -2.03. The molecule has 0 aliphatic heterocycles. The van der Waals surface area contributed by atoms with Gasteiger partial charge in [0.1, 0.15) is 5.69 Å². The molecule has 2 aromatic carbocycles. The van der Waals surface area contributed by atoms with Crippen LogP contribution in [0.3, 0.4) is 0 Å². The Balaban J connectivity index is 1.67. The highest BCUT2D eigenvalue weighted by molar-refractivity contribution is 7.99. The van der Waals surface area contributed by atoms with Crippen molar-refractivity contribution in [2.45, 2.75) is 11.8 Å². The summed E-state index contributed by atoms with van der Waals surface area (Å²) in [5.41, 5.74) is 1.22. The molecule has 4 aromatic rings. The first kappa shape index (κ1) is 18.0. The number of rotatable bonds is 5. The molecule has 0 aliphatic carbocycles. The van der Waals surface area contributed by atoms with E-state index in [1.165, 1.54) is 11.8 Å². The third-order valence-corrected chi connectivity index (χ3v) is 5.06. The Kier molecular flexibility index (Phi) is 4.70. The number of carboxylic acids is 1. The van der Waals surface area contributed by atoms with E-state index in [0.717, 1.165) is 21.4 Å². The molecule has 4 rings (SSSR count). The Labute approximate surface area is 164 Å². The number of hydrogen-bond donors (Lipinski definition) is 3. The highest BCUT2D eigenvalue weighted by Crippen LogP contribution is 2.27. The fraction of sp³-hybridized carbons (Fsp3) is 0.100. The number of carboxylic acid groups (broad SMARTS) is 1. The van der Waals surface area contributed by atoms with Crippen LogP contribution in [-0.4, -0.2) is 37.7 Å². The molecule has 0 atom stereocenters. The molecule has 140 valence electrons. The minimum atomic E-state index is -1.05.